The standard InChI is InChI=1S/C20H20N4S/c1-23-10-12-24(13-11-23)19-18-14-6-2-5-9-17(14)25-20(18)22-16-8-4-3-7-15(16)21-19/h2-9,22H,10-13H2,1H3. The Morgan fingerprint density at radius 2 is 1.72 bits per heavy atom. The van der Waals surface area contributed by atoms with E-state index in [-0.39, 0.29) is 0 Å². The lowest BCUT2D eigenvalue weighted by Crippen LogP contribution is -2.47. The van der Waals surface area contributed by atoms with Crippen molar-refractivity contribution in [3.63, 3.8) is 0 Å². The molecule has 0 atom stereocenters. The molecule has 2 aliphatic heterocycles. The Hall–Kier alpha value is -2.37. The zero-order chi connectivity index (χ0) is 16.8. The summed E-state index contributed by atoms with van der Waals surface area (Å²) >= 11 is 1.82. The van der Waals surface area contributed by atoms with E-state index in [0.29, 0.717) is 0 Å². The van der Waals surface area contributed by atoms with E-state index in [2.05, 4.69) is 70.7 Å². The van der Waals surface area contributed by atoms with Crippen LogP contribution in [0.1, 0.15) is 5.56 Å². The minimum atomic E-state index is 1.01. The lowest BCUT2D eigenvalue weighted by atomic mass is 10.1. The highest BCUT2D eigenvalue weighted by atomic mass is 32.1. The van der Waals surface area contributed by atoms with Gasteiger partial charge in [0.05, 0.1) is 16.9 Å². The highest BCUT2D eigenvalue weighted by molar-refractivity contribution is 7.23. The molecule has 2 aliphatic rings. The van der Waals surface area contributed by atoms with Crippen LogP contribution in [0.3, 0.4) is 0 Å². The Balaban J connectivity index is 1.72. The van der Waals surface area contributed by atoms with Crippen molar-refractivity contribution in [1.29, 1.82) is 0 Å². The van der Waals surface area contributed by atoms with Gasteiger partial charge in [-0.15, -0.1) is 11.3 Å². The average molecular weight is 348 g/mol. The smallest absolute Gasteiger partial charge is 0.140 e. The largest absolute Gasteiger partial charge is 0.353 e. The minimum absolute atomic E-state index is 1.01. The molecule has 2 aromatic carbocycles. The first-order valence-electron chi connectivity index (χ1n) is 8.70. The number of fused-ring (bicyclic) bond motifs is 4. The maximum atomic E-state index is 5.12. The van der Waals surface area contributed by atoms with Gasteiger partial charge < -0.3 is 15.1 Å². The highest BCUT2D eigenvalue weighted by Gasteiger charge is 2.27. The van der Waals surface area contributed by atoms with Gasteiger partial charge in [-0.1, -0.05) is 30.3 Å². The summed E-state index contributed by atoms with van der Waals surface area (Å²) in [4.78, 5) is 9.95. The van der Waals surface area contributed by atoms with Gasteiger partial charge >= 0.3 is 0 Å². The van der Waals surface area contributed by atoms with E-state index in [4.69, 9.17) is 4.99 Å². The molecule has 126 valence electrons. The van der Waals surface area contributed by atoms with Crippen LogP contribution < -0.4 is 5.32 Å². The first-order valence-corrected chi connectivity index (χ1v) is 9.51. The highest BCUT2D eigenvalue weighted by Crippen LogP contribution is 2.43. The number of aliphatic imine (C=N–C) groups is 1. The molecule has 0 bridgehead atoms. The van der Waals surface area contributed by atoms with Gasteiger partial charge in [-0.25, -0.2) is 4.99 Å². The first-order chi connectivity index (χ1) is 12.3. The van der Waals surface area contributed by atoms with Crippen molar-refractivity contribution in [3.05, 3.63) is 54.1 Å². The number of hydrogen-bond acceptors (Lipinski definition) is 5. The molecule has 3 aromatic rings. The molecule has 25 heavy (non-hydrogen) atoms. The van der Waals surface area contributed by atoms with Crippen LogP contribution in [0, 0.1) is 0 Å². The number of piperazine rings is 1. The number of hydrogen-bond donors (Lipinski definition) is 1. The Morgan fingerprint density at radius 3 is 2.60 bits per heavy atom. The van der Waals surface area contributed by atoms with Crippen molar-refractivity contribution in [2.45, 2.75) is 0 Å². The third-order valence-corrected chi connectivity index (χ3v) is 6.09. The van der Waals surface area contributed by atoms with Crippen LogP contribution in [-0.2, 0) is 0 Å². The van der Waals surface area contributed by atoms with Gasteiger partial charge in [0.15, 0.2) is 0 Å². The molecule has 0 radical (unpaired) electrons. The maximum absolute atomic E-state index is 5.12. The van der Waals surface area contributed by atoms with Crippen molar-refractivity contribution < 1.29 is 0 Å². The molecule has 1 saturated heterocycles. The molecule has 0 saturated carbocycles. The first kappa shape index (κ1) is 14.9. The molecular weight excluding hydrogens is 328 g/mol. The van der Waals surface area contributed by atoms with Crippen molar-refractivity contribution >= 4 is 43.6 Å². The average Bonchev–Trinajstić information content (AvgIpc) is 2.91. The van der Waals surface area contributed by atoms with E-state index < -0.39 is 0 Å². The van der Waals surface area contributed by atoms with Crippen molar-refractivity contribution in [1.82, 2.24) is 9.80 Å². The molecule has 1 N–H and O–H groups in total. The third-order valence-electron chi connectivity index (χ3n) is 5.00. The van der Waals surface area contributed by atoms with E-state index in [1.54, 1.807) is 0 Å². The molecule has 5 heteroatoms. The second-order valence-electron chi connectivity index (χ2n) is 6.67. The minimum Gasteiger partial charge on any atom is -0.353 e. The van der Waals surface area contributed by atoms with Gasteiger partial charge in [0, 0.05) is 36.3 Å². The van der Waals surface area contributed by atoms with Crippen LogP contribution in [0.25, 0.3) is 10.1 Å². The molecular formula is C20H20N4S. The Kier molecular flexibility index (Phi) is 3.50. The zero-order valence-electron chi connectivity index (χ0n) is 14.2. The molecule has 0 spiro atoms. The van der Waals surface area contributed by atoms with E-state index in [1.165, 1.54) is 20.7 Å². The van der Waals surface area contributed by atoms with Gasteiger partial charge in [-0.2, -0.15) is 0 Å². The lowest BCUT2D eigenvalue weighted by Gasteiger charge is -2.34. The maximum Gasteiger partial charge on any atom is 0.140 e. The molecule has 0 amide bonds. The number of para-hydroxylation sites is 2. The van der Waals surface area contributed by atoms with Crippen LogP contribution in [0.2, 0.25) is 0 Å². The summed E-state index contributed by atoms with van der Waals surface area (Å²) in [6, 6.07) is 17.0. The van der Waals surface area contributed by atoms with Gasteiger partial charge in [0.1, 0.15) is 10.8 Å². The van der Waals surface area contributed by atoms with Crippen molar-refractivity contribution in [2.75, 3.05) is 38.5 Å². The van der Waals surface area contributed by atoms with Gasteiger partial charge in [0.25, 0.3) is 0 Å². The van der Waals surface area contributed by atoms with Gasteiger partial charge in [0.2, 0.25) is 0 Å². The number of benzene rings is 2. The lowest BCUT2D eigenvalue weighted by molar-refractivity contribution is 0.216. The van der Waals surface area contributed by atoms with E-state index in [9.17, 15) is 0 Å². The van der Waals surface area contributed by atoms with Crippen LogP contribution in [-0.4, -0.2) is 48.9 Å². The van der Waals surface area contributed by atoms with Crippen LogP contribution in [0.5, 0.6) is 0 Å². The third kappa shape index (κ3) is 2.51. The number of amidine groups is 1. The molecule has 3 heterocycles. The Bertz CT molecular complexity index is 967. The Morgan fingerprint density at radius 1 is 0.960 bits per heavy atom. The van der Waals surface area contributed by atoms with Crippen LogP contribution in [0.15, 0.2) is 53.5 Å². The fourth-order valence-electron chi connectivity index (χ4n) is 3.57. The summed E-state index contributed by atoms with van der Waals surface area (Å²) in [6.07, 6.45) is 0. The zero-order valence-corrected chi connectivity index (χ0v) is 15.0. The SMILES string of the molecule is CN1CCN(C2=Nc3ccccc3Nc3sc4ccccc4c32)CC1. The Labute approximate surface area is 151 Å². The molecule has 0 aliphatic carbocycles. The number of nitrogens with zero attached hydrogens (tertiary/aromatic N) is 3. The normalized spacial score (nSPS) is 17.5. The fourth-order valence-corrected chi connectivity index (χ4v) is 4.68. The van der Waals surface area contributed by atoms with Crippen LogP contribution in [0.4, 0.5) is 16.4 Å². The summed E-state index contributed by atoms with van der Waals surface area (Å²) in [7, 11) is 2.19. The molecule has 5 rings (SSSR count). The molecule has 1 fully saturated rings. The topological polar surface area (TPSA) is 30.9 Å². The quantitative estimate of drug-likeness (QED) is 0.658. The monoisotopic (exact) mass is 348 g/mol. The number of likely N-dealkylation sites (N-methyl/N-ethyl adjacent to an activating group) is 1. The van der Waals surface area contributed by atoms with E-state index >= 15 is 0 Å². The van der Waals surface area contributed by atoms with Gasteiger partial charge in [-0.05, 0) is 25.2 Å². The van der Waals surface area contributed by atoms with Crippen molar-refractivity contribution in [2.24, 2.45) is 4.99 Å². The summed E-state index contributed by atoms with van der Waals surface area (Å²) in [5, 5.41) is 6.13. The number of anilines is 2. The number of nitrogens with one attached hydrogen (secondary N) is 1. The summed E-state index contributed by atoms with van der Waals surface area (Å²) < 4.78 is 1.31. The predicted molar refractivity (Wildman–Crippen MR) is 107 cm³/mol. The van der Waals surface area contributed by atoms with E-state index in [1.807, 2.05) is 11.3 Å². The van der Waals surface area contributed by atoms with Crippen molar-refractivity contribution in [3.8, 4) is 0 Å². The summed E-state index contributed by atoms with van der Waals surface area (Å²) in [6.45, 7) is 4.18. The fraction of sp³-hybridized carbons (Fsp3) is 0.250. The second-order valence-corrected chi connectivity index (χ2v) is 7.72. The number of thiophene rings is 1. The molecule has 4 nitrogen and oxygen atoms in total. The second kappa shape index (κ2) is 5.86. The van der Waals surface area contributed by atoms with Gasteiger partial charge in [-0.3, -0.25) is 0 Å². The number of rotatable bonds is 0. The summed E-state index contributed by atoms with van der Waals surface area (Å²) in [5.41, 5.74) is 3.35. The van der Waals surface area contributed by atoms with E-state index in [0.717, 1.165) is 43.4 Å². The molecule has 1 aromatic heterocycles. The predicted octanol–water partition coefficient (Wildman–Crippen LogP) is 4.28. The molecule has 0 unspecified atom stereocenters. The summed E-state index contributed by atoms with van der Waals surface area (Å²) in [5.74, 6) is 1.11. The van der Waals surface area contributed by atoms with Crippen LogP contribution >= 0.6 is 11.3 Å².